The van der Waals surface area contributed by atoms with E-state index in [-0.39, 0.29) is 11.5 Å². The summed E-state index contributed by atoms with van der Waals surface area (Å²) in [7, 11) is 0. The molecule has 1 N–H and O–H groups in total. The van der Waals surface area contributed by atoms with Crippen LogP contribution in [0.15, 0.2) is 48.9 Å². The summed E-state index contributed by atoms with van der Waals surface area (Å²) in [4.78, 5) is 16.5. The van der Waals surface area contributed by atoms with Gasteiger partial charge in [0.1, 0.15) is 0 Å². The van der Waals surface area contributed by atoms with Crippen molar-refractivity contribution in [2.75, 3.05) is 5.32 Å². The Morgan fingerprint density at radius 3 is 2.60 bits per heavy atom. The van der Waals surface area contributed by atoms with Gasteiger partial charge in [0.25, 0.3) is 5.91 Å². The summed E-state index contributed by atoms with van der Waals surface area (Å²) in [6.07, 6.45) is 5.31. The molecule has 1 aromatic carbocycles. The predicted molar refractivity (Wildman–Crippen MR) is 79.6 cm³/mol. The number of hydrogen-bond acceptors (Lipinski definition) is 2. The highest BCUT2D eigenvalue weighted by atomic mass is 35.5. The first-order valence-corrected chi connectivity index (χ1v) is 6.59. The lowest BCUT2D eigenvalue weighted by molar-refractivity contribution is 0.102. The van der Waals surface area contributed by atoms with Crippen molar-refractivity contribution < 1.29 is 4.79 Å². The molecule has 0 aliphatic rings. The molecule has 0 saturated carbocycles. The summed E-state index contributed by atoms with van der Waals surface area (Å²) in [5.74, 6) is -0.364. The lowest BCUT2D eigenvalue weighted by Crippen LogP contribution is -2.14. The fourth-order valence-corrected chi connectivity index (χ4v) is 2.51. The van der Waals surface area contributed by atoms with Crippen LogP contribution < -0.4 is 5.32 Å². The molecule has 0 radical (unpaired) electrons. The summed E-state index contributed by atoms with van der Waals surface area (Å²) in [5.41, 5.74) is 1.51. The molecule has 2 aromatic heterocycles. The Bertz CT molecular complexity index is 778. The number of nitrogens with zero attached hydrogens (tertiary/aromatic N) is 2. The minimum Gasteiger partial charge on any atom is -0.319 e. The van der Waals surface area contributed by atoms with E-state index in [2.05, 4.69) is 10.3 Å². The van der Waals surface area contributed by atoms with Crippen LogP contribution in [0, 0.1) is 0 Å². The molecule has 6 heteroatoms. The maximum absolute atomic E-state index is 12.3. The Hall–Kier alpha value is -2.04. The van der Waals surface area contributed by atoms with Crippen LogP contribution in [0.2, 0.25) is 10.0 Å². The zero-order valence-corrected chi connectivity index (χ0v) is 11.7. The van der Waals surface area contributed by atoms with Gasteiger partial charge in [-0.1, -0.05) is 29.3 Å². The Kier molecular flexibility index (Phi) is 3.34. The van der Waals surface area contributed by atoms with E-state index in [1.165, 1.54) is 0 Å². The first-order valence-electron chi connectivity index (χ1n) is 5.84. The van der Waals surface area contributed by atoms with Crippen LogP contribution in [-0.4, -0.2) is 15.3 Å². The number of amides is 1. The van der Waals surface area contributed by atoms with Crippen LogP contribution in [0.1, 0.15) is 10.4 Å². The van der Waals surface area contributed by atoms with Crippen molar-refractivity contribution in [1.29, 1.82) is 0 Å². The molecule has 20 heavy (non-hydrogen) atoms. The monoisotopic (exact) mass is 305 g/mol. The fraction of sp³-hybridized carbons (Fsp3) is 0. The number of anilines is 1. The van der Waals surface area contributed by atoms with Crippen LogP contribution >= 0.6 is 23.2 Å². The van der Waals surface area contributed by atoms with E-state index in [0.717, 1.165) is 0 Å². The molecule has 1 amide bonds. The normalized spacial score (nSPS) is 10.7. The number of imidazole rings is 1. The standard InChI is InChI=1S/C14H9Cl2N3O/c15-9-3-1-4-10(16)12(9)14(20)18-11-5-2-7-19-8-6-17-13(11)19/h1-8H,(H,18,20). The highest BCUT2D eigenvalue weighted by Crippen LogP contribution is 2.25. The second-order valence-corrected chi connectivity index (χ2v) is 4.95. The molecule has 0 bridgehead atoms. The molecule has 0 aliphatic heterocycles. The van der Waals surface area contributed by atoms with E-state index in [9.17, 15) is 4.79 Å². The largest absolute Gasteiger partial charge is 0.319 e. The molecular weight excluding hydrogens is 297 g/mol. The maximum Gasteiger partial charge on any atom is 0.258 e. The minimum absolute atomic E-state index is 0.254. The molecule has 0 atom stereocenters. The Morgan fingerprint density at radius 2 is 1.85 bits per heavy atom. The van der Waals surface area contributed by atoms with Gasteiger partial charge in [0.05, 0.1) is 21.3 Å². The molecular formula is C14H9Cl2N3O. The van der Waals surface area contributed by atoms with E-state index in [4.69, 9.17) is 23.2 Å². The number of fused-ring (bicyclic) bond motifs is 1. The Morgan fingerprint density at radius 1 is 1.10 bits per heavy atom. The number of aromatic nitrogens is 2. The summed E-state index contributed by atoms with van der Waals surface area (Å²) < 4.78 is 1.81. The van der Waals surface area contributed by atoms with Crippen LogP contribution in [0.25, 0.3) is 5.65 Å². The average molecular weight is 306 g/mol. The highest BCUT2D eigenvalue weighted by molar-refractivity contribution is 6.40. The van der Waals surface area contributed by atoms with Crippen molar-refractivity contribution in [2.24, 2.45) is 0 Å². The van der Waals surface area contributed by atoms with E-state index in [1.54, 1.807) is 36.7 Å². The summed E-state index contributed by atoms with van der Waals surface area (Å²) >= 11 is 12.0. The third-order valence-corrected chi connectivity index (χ3v) is 3.49. The molecule has 0 saturated heterocycles. The van der Waals surface area contributed by atoms with Crippen LogP contribution in [0.4, 0.5) is 5.69 Å². The third-order valence-electron chi connectivity index (χ3n) is 2.86. The molecule has 2 heterocycles. The van der Waals surface area contributed by atoms with Gasteiger partial charge in [-0.3, -0.25) is 4.79 Å². The third kappa shape index (κ3) is 2.24. The van der Waals surface area contributed by atoms with Crippen LogP contribution in [-0.2, 0) is 0 Å². The van der Waals surface area contributed by atoms with Gasteiger partial charge < -0.3 is 9.72 Å². The minimum atomic E-state index is -0.364. The molecule has 100 valence electrons. The van der Waals surface area contributed by atoms with Crippen LogP contribution in [0.5, 0.6) is 0 Å². The fourth-order valence-electron chi connectivity index (χ4n) is 1.95. The topological polar surface area (TPSA) is 46.4 Å². The number of rotatable bonds is 2. The maximum atomic E-state index is 12.3. The Balaban J connectivity index is 1.99. The SMILES string of the molecule is O=C(Nc1cccn2ccnc12)c1c(Cl)cccc1Cl. The van der Waals surface area contributed by atoms with Gasteiger partial charge in [-0.15, -0.1) is 0 Å². The van der Waals surface area contributed by atoms with Crippen molar-refractivity contribution >= 4 is 40.4 Å². The summed E-state index contributed by atoms with van der Waals surface area (Å²) in [6, 6.07) is 8.52. The first-order chi connectivity index (χ1) is 9.66. The van der Waals surface area contributed by atoms with E-state index in [1.807, 2.05) is 16.7 Å². The number of nitrogens with one attached hydrogen (secondary N) is 1. The molecule has 3 rings (SSSR count). The molecule has 0 spiro atoms. The van der Waals surface area contributed by atoms with Crippen LogP contribution in [0.3, 0.4) is 0 Å². The smallest absolute Gasteiger partial charge is 0.258 e. The molecule has 0 aliphatic carbocycles. The van der Waals surface area contributed by atoms with E-state index >= 15 is 0 Å². The van der Waals surface area contributed by atoms with Gasteiger partial charge in [0.15, 0.2) is 5.65 Å². The quantitative estimate of drug-likeness (QED) is 0.780. The highest BCUT2D eigenvalue weighted by Gasteiger charge is 2.15. The lowest BCUT2D eigenvalue weighted by atomic mass is 10.2. The summed E-state index contributed by atoms with van der Waals surface area (Å²) in [6.45, 7) is 0. The molecule has 0 unspecified atom stereocenters. The lowest BCUT2D eigenvalue weighted by Gasteiger charge is -2.09. The van der Waals surface area contributed by atoms with Gasteiger partial charge in [-0.2, -0.15) is 0 Å². The molecule has 4 nitrogen and oxygen atoms in total. The van der Waals surface area contributed by atoms with Gasteiger partial charge in [0, 0.05) is 18.6 Å². The van der Waals surface area contributed by atoms with Crippen molar-refractivity contribution in [3.05, 3.63) is 64.5 Å². The van der Waals surface area contributed by atoms with E-state index in [0.29, 0.717) is 21.4 Å². The number of hydrogen-bond donors (Lipinski definition) is 1. The zero-order chi connectivity index (χ0) is 14.1. The second kappa shape index (κ2) is 5.15. The van der Waals surface area contributed by atoms with Gasteiger partial charge >= 0.3 is 0 Å². The van der Waals surface area contributed by atoms with Gasteiger partial charge in [-0.25, -0.2) is 4.98 Å². The van der Waals surface area contributed by atoms with Gasteiger partial charge in [-0.05, 0) is 24.3 Å². The van der Waals surface area contributed by atoms with Crippen molar-refractivity contribution in [3.63, 3.8) is 0 Å². The number of benzene rings is 1. The first kappa shape index (κ1) is 13.0. The molecule has 3 aromatic rings. The van der Waals surface area contributed by atoms with Crippen molar-refractivity contribution in [3.8, 4) is 0 Å². The van der Waals surface area contributed by atoms with Crippen molar-refractivity contribution in [2.45, 2.75) is 0 Å². The number of carbonyl (C=O) groups excluding carboxylic acids is 1. The Labute approximate surface area is 125 Å². The number of pyridine rings is 1. The molecule has 0 fully saturated rings. The van der Waals surface area contributed by atoms with E-state index < -0.39 is 0 Å². The average Bonchev–Trinajstić information content (AvgIpc) is 2.88. The number of carbonyl (C=O) groups is 1. The summed E-state index contributed by atoms with van der Waals surface area (Å²) in [5, 5.41) is 3.40. The van der Waals surface area contributed by atoms with Crippen molar-refractivity contribution in [1.82, 2.24) is 9.38 Å². The second-order valence-electron chi connectivity index (χ2n) is 4.13. The zero-order valence-electron chi connectivity index (χ0n) is 10.2. The predicted octanol–water partition coefficient (Wildman–Crippen LogP) is 3.89. The number of halogens is 2. The van der Waals surface area contributed by atoms with Gasteiger partial charge in [0.2, 0.25) is 0 Å².